The van der Waals surface area contributed by atoms with Gasteiger partial charge in [-0.1, -0.05) is 36.4 Å². The van der Waals surface area contributed by atoms with E-state index in [1.54, 1.807) is 12.1 Å². The molecule has 0 aromatic heterocycles. The molecule has 3 rings (SSSR count). The highest BCUT2D eigenvalue weighted by Gasteiger charge is 2.45. The second kappa shape index (κ2) is 4.19. The van der Waals surface area contributed by atoms with Crippen molar-refractivity contribution in [3.8, 4) is 0 Å². The predicted molar refractivity (Wildman–Crippen MR) is 69.6 cm³/mol. The smallest absolute Gasteiger partial charge is 0.314 e. The minimum absolute atomic E-state index is 0.347. The van der Waals surface area contributed by atoms with Crippen molar-refractivity contribution in [2.75, 3.05) is 0 Å². The Balaban J connectivity index is 2.09. The van der Waals surface area contributed by atoms with Gasteiger partial charge in [-0.2, -0.15) is 0 Å². The van der Waals surface area contributed by atoms with Gasteiger partial charge >= 0.3 is 5.97 Å². The van der Waals surface area contributed by atoms with Crippen LogP contribution >= 0.6 is 0 Å². The Morgan fingerprint density at radius 3 is 2.00 bits per heavy atom. The number of halogens is 1. The summed E-state index contributed by atoms with van der Waals surface area (Å²) in [5.74, 6) is -1.20. The molecule has 2 nitrogen and oxygen atoms in total. The van der Waals surface area contributed by atoms with Crippen molar-refractivity contribution >= 4 is 5.97 Å². The van der Waals surface area contributed by atoms with Gasteiger partial charge in [-0.15, -0.1) is 0 Å². The molecule has 0 saturated heterocycles. The topological polar surface area (TPSA) is 37.3 Å². The molecule has 1 N–H and O–H groups in total. The van der Waals surface area contributed by atoms with Gasteiger partial charge in [0.05, 0.1) is 0 Å². The van der Waals surface area contributed by atoms with E-state index in [1.807, 2.05) is 24.3 Å². The Kier molecular flexibility index (Phi) is 2.63. The number of benzene rings is 2. The van der Waals surface area contributed by atoms with Gasteiger partial charge in [0.15, 0.2) is 0 Å². The highest BCUT2D eigenvalue weighted by molar-refractivity contribution is 5.83. The van der Waals surface area contributed by atoms with Gasteiger partial charge in [0.25, 0.3) is 0 Å². The Hall–Kier alpha value is -2.16. The van der Waals surface area contributed by atoms with Crippen LogP contribution in [0.3, 0.4) is 0 Å². The Bertz CT molecular complexity index is 606. The van der Waals surface area contributed by atoms with Crippen molar-refractivity contribution in [2.45, 2.75) is 18.3 Å². The third-order valence-electron chi connectivity index (χ3n) is 3.91. The maximum Gasteiger partial charge on any atom is 0.314 e. The largest absolute Gasteiger partial charge is 0.481 e. The summed E-state index contributed by atoms with van der Waals surface area (Å²) in [6, 6.07) is 13.6. The van der Waals surface area contributed by atoms with Crippen LogP contribution in [-0.4, -0.2) is 11.1 Å². The predicted octanol–water partition coefficient (Wildman–Crippen LogP) is 2.95. The molecule has 0 heterocycles. The average molecular weight is 256 g/mol. The quantitative estimate of drug-likeness (QED) is 0.897. The van der Waals surface area contributed by atoms with E-state index in [9.17, 15) is 14.3 Å². The van der Waals surface area contributed by atoms with E-state index in [1.165, 1.54) is 12.1 Å². The van der Waals surface area contributed by atoms with Gasteiger partial charge in [0.1, 0.15) is 11.2 Å². The van der Waals surface area contributed by atoms with Crippen LogP contribution in [-0.2, 0) is 23.1 Å². The molecule has 2 aromatic carbocycles. The number of fused-ring (bicyclic) bond motifs is 1. The van der Waals surface area contributed by atoms with E-state index in [0.29, 0.717) is 18.4 Å². The Labute approximate surface area is 110 Å². The molecular weight excluding hydrogens is 243 g/mol. The van der Waals surface area contributed by atoms with E-state index in [0.717, 1.165) is 11.1 Å². The van der Waals surface area contributed by atoms with Crippen LogP contribution in [0, 0.1) is 5.82 Å². The Morgan fingerprint density at radius 2 is 1.53 bits per heavy atom. The number of rotatable bonds is 2. The molecule has 0 fully saturated rings. The zero-order valence-electron chi connectivity index (χ0n) is 10.3. The third kappa shape index (κ3) is 1.82. The van der Waals surface area contributed by atoms with Crippen molar-refractivity contribution in [3.63, 3.8) is 0 Å². The molecular formula is C16H13FO2. The van der Waals surface area contributed by atoms with E-state index in [-0.39, 0.29) is 5.82 Å². The van der Waals surface area contributed by atoms with Crippen LogP contribution in [0.5, 0.6) is 0 Å². The first kappa shape index (κ1) is 11.9. The lowest BCUT2D eigenvalue weighted by atomic mass is 9.78. The molecule has 19 heavy (non-hydrogen) atoms. The molecule has 0 spiro atoms. The van der Waals surface area contributed by atoms with Crippen LogP contribution in [0.15, 0.2) is 48.5 Å². The van der Waals surface area contributed by atoms with Crippen molar-refractivity contribution in [2.24, 2.45) is 0 Å². The SMILES string of the molecule is O=C(O)C1(c2ccc(F)cc2)Cc2ccccc2C1. The molecule has 0 radical (unpaired) electrons. The van der Waals surface area contributed by atoms with E-state index in [2.05, 4.69) is 0 Å². The maximum atomic E-state index is 13.0. The fraction of sp³-hybridized carbons (Fsp3) is 0.188. The van der Waals surface area contributed by atoms with Crippen LogP contribution in [0.1, 0.15) is 16.7 Å². The fourth-order valence-electron chi connectivity index (χ4n) is 2.86. The van der Waals surface area contributed by atoms with Crippen LogP contribution in [0.25, 0.3) is 0 Å². The first-order chi connectivity index (χ1) is 9.12. The highest BCUT2D eigenvalue weighted by Crippen LogP contribution is 2.40. The van der Waals surface area contributed by atoms with Gasteiger partial charge < -0.3 is 5.11 Å². The number of carboxylic acids is 1. The summed E-state index contributed by atoms with van der Waals surface area (Å²) in [6.07, 6.45) is 0.925. The molecule has 0 bridgehead atoms. The average Bonchev–Trinajstić information content (AvgIpc) is 2.80. The summed E-state index contributed by atoms with van der Waals surface area (Å²) in [5, 5.41) is 9.66. The Morgan fingerprint density at radius 1 is 1.00 bits per heavy atom. The number of hydrogen-bond acceptors (Lipinski definition) is 1. The summed E-state index contributed by atoms with van der Waals surface area (Å²) in [4.78, 5) is 11.8. The van der Waals surface area contributed by atoms with Crippen LogP contribution in [0.2, 0.25) is 0 Å². The summed E-state index contributed by atoms with van der Waals surface area (Å²) < 4.78 is 13.0. The molecule has 96 valence electrons. The normalized spacial score (nSPS) is 16.1. The summed E-state index contributed by atoms with van der Waals surface area (Å²) >= 11 is 0. The van der Waals surface area contributed by atoms with Gasteiger partial charge in [0, 0.05) is 0 Å². The summed E-state index contributed by atoms with van der Waals surface area (Å²) in [6.45, 7) is 0. The van der Waals surface area contributed by atoms with Crippen LogP contribution < -0.4 is 0 Å². The first-order valence-electron chi connectivity index (χ1n) is 6.18. The molecule has 3 heteroatoms. The number of hydrogen-bond donors (Lipinski definition) is 1. The van der Waals surface area contributed by atoms with Crippen LogP contribution in [0.4, 0.5) is 4.39 Å². The van der Waals surface area contributed by atoms with Gasteiger partial charge in [0.2, 0.25) is 0 Å². The fourth-order valence-corrected chi connectivity index (χ4v) is 2.86. The molecule has 1 aliphatic carbocycles. The summed E-state index contributed by atoms with van der Waals surface area (Å²) in [7, 11) is 0. The van der Waals surface area contributed by atoms with Crippen molar-refractivity contribution in [1.82, 2.24) is 0 Å². The maximum absolute atomic E-state index is 13.0. The molecule has 0 aliphatic heterocycles. The minimum atomic E-state index is -0.961. The van der Waals surface area contributed by atoms with E-state index < -0.39 is 11.4 Å². The van der Waals surface area contributed by atoms with Gasteiger partial charge in [-0.3, -0.25) is 4.79 Å². The zero-order chi connectivity index (χ0) is 13.5. The van der Waals surface area contributed by atoms with Crippen molar-refractivity contribution in [3.05, 3.63) is 71.0 Å². The van der Waals surface area contributed by atoms with Gasteiger partial charge in [-0.25, -0.2) is 4.39 Å². The highest BCUT2D eigenvalue weighted by atomic mass is 19.1. The lowest BCUT2D eigenvalue weighted by Gasteiger charge is -2.24. The lowest BCUT2D eigenvalue weighted by Crippen LogP contribution is -2.36. The molecule has 1 aliphatic rings. The molecule has 2 aromatic rings. The first-order valence-corrected chi connectivity index (χ1v) is 6.18. The molecule has 0 unspecified atom stereocenters. The monoisotopic (exact) mass is 256 g/mol. The lowest BCUT2D eigenvalue weighted by molar-refractivity contribution is -0.143. The molecule has 0 atom stereocenters. The zero-order valence-corrected chi connectivity index (χ0v) is 10.3. The summed E-state index contributed by atoms with van der Waals surface area (Å²) in [5.41, 5.74) is 1.83. The molecule has 0 amide bonds. The third-order valence-corrected chi connectivity index (χ3v) is 3.91. The van der Waals surface area contributed by atoms with E-state index >= 15 is 0 Å². The molecule has 0 saturated carbocycles. The number of carbonyl (C=O) groups is 1. The number of carboxylic acid groups (broad SMARTS) is 1. The minimum Gasteiger partial charge on any atom is -0.481 e. The second-order valence-electron chi connectivity index (χ2n) is 5.02. The second-order valence-corrected chi connectivity index (χ2v) is 5.02. The van der Waals surface area contributed by atoms with Gasteiger partial charge in [-0.05, 0) is 41.7 Å². The number of aliphatic carboxylic acids is 1. The van der Waals surface area contributed by atoms with E-state index in [4.69, 9.17) is 0 Å². The van der Waals surface area contributed by atoms with Crippen molar-refractivity contribution in [1.29, 1.82) is 0 Å². The van der Waals surface area contributed by atoms with Crippen molar-refractivity contribution < 1.29 is 14.3 Å². The standard InChI is InChI=1S/C16H13FO2/c17-14-7-5-13(6-8-14)16(15(18)19)9-11-3-1-2-4-12(11)10-16/h1-8H,9-10H2,(H,18,19).